The smallest absolute Gasteiger partial charge is 0.410 e. The quantitative estimate of drug-likeness (QED) is 0.427. The number of halogens is 2. The van der Waals surface area contributed by atoms with Crippen LogP contribution in [0.1, 0.15) is 78.4 Å². The van der Waals surface area contributed by atoms with Gasteiger partial charge >= 0.3 is 6.09 Å². The third-order valence-corrected chi connectivity index (χ3v) is 7.30. The Labute approximate surface area is 247 Å². The number of piperidine rings is 1. The van der Waals surface area contributed by atoms with Crippen molar-refractivity contribution in [2.75, 3.05) is 19.7 Å². The van der Waals surface area contributed by atoms with Gasteiger partial charge < -0.3 is 24.8 Å². The zero-order valence-electron chi connectivity index (χ0n) is 25.1. The molecule has 0 saturated carbocycles. The standard InChI is InChI=1S/C30H43ClFN5O4/c1-18(38)40-17-23-24(37-27(33-23)22(16-25(31)35-37)34-29(2,3)4)15-20-9-8-10-21(32)26(20)19-11-13-36(14-12-19)28(39)41-30(5,6)7/h8-10,16,18-19,23-24,34,38H,11-15,17H2,1-7H3. The first-order valence-corrected chi connectivity index (χ1v) is 14.7. The lowest BCUT2D eigenvalue weighted by Crippen LogP contribution is -2.46. The van der Waals surface area contributed by atoms with Crippen LogP contribution in [0.2, 0.25) is 0 Å². The molecule has 1 aromatic carbocycles. The highest BCUT2D eigenvalue weighted by molar-refractivity contribution is 6.68. The lowest BCUT2D eigenvalue weighted by Gasteiger charge is -2.35. The molecule has 41 heavy (non-hydrogen) atoms. The molecule has 3 atom stereocenters. The van der Waals surface area contributed by atoms with Crippen molar-refractivity contribution in [1.29, 1.82) is 0 Å². The first-order chi connectivity index (χ1) is 19.1. The first-order valence-electron chi connectivity index (χ1n) is 14.3. The Morgan fingerprint density at radius 3 is 2.51 bits per heavy atom. The summed E-state index contributed by atoms with van der Waals surface area (Å²) in [7, 11) is 0. The number of carbonyl (C=O) groups is 1. The third kappa shape index (κ3) is 7.99. The molecular formula is C30H43ClFN5O4. The van der Waals surface area contributed by atoms with Gasteiger partial charge in [0.15, 0.2) is 17.3 Å². The molecule has 1 fully saturated rings. The molecule has 9 nitrogen and oxygen atoms in total. The van der Waals surface area contributed by atoms with Crippen LogP contribution in [-0.4, -0.2) is 81.3 Å². The number of rotatable bonds is 7. The molecule has 226 valence electrons. The van der Waals surface area contributed by atoms with Crippen LogP contribution in [0.25, 0.3) is 0 Å². The number of likely N-dealkylation sites (tertiary alicyclic amines) is 1. The van der Waals surface area contributed by atoms with Gasteiger partial charge in [-0.1, -0.05) is 23.7 Å². The average molecular weight is 592 g/mol. The van der Waals surface area contributed by atoms with Gasteiger partial charge in [-0.05, 0) is 90.8 Å². The number of nitrogens with zero attached hydrogens (tertiary/aromatic N) is 4. The Morgan fingerprint density at radius 1 is 1.22 bits per heavy atom. The molecule has 1 amide bonds. The molecule has 4 rings (SSSR count). The molecule has 11 heteroatoms. The summed E-state index contributed by atoms with van der Waals surface area (Å²) in [6.07, 6.45) is 2.16. The van der Waals surface area contributed by atoms with E-state index in [1.54, 1.807) is 29.0 Å². The second-order valence-electron chi connectivity index (χ2n) is 13.0. The van der Waals surface area contributed by atoms with Crippen molar-refractivity contribution < 1.29 is 23.8 Å². The van der Waals surface area contributed by atoms with Crippen LogP contribution in [0.3, 0.4) is 0 Å². The highest BCUT2D eigenvalue weighted by Gasteiger charge is 2.41. The Morgan fingerprint density at radius 2 is 1.90 bits per heavy atom. The number of nitrogens with one attached hydrogen (secondary N) is 1. The number of allylic oxidation sites excluding steroid dienone is 1. The van der Waals surface area contributed by atoms with Gasteiger partial charge in [0.05, 0.1) is 24.4 Å². The van der Waals surface area contributed by atoms with Crippen molar-refractivity contribution in [3.63, 3.8) is 0 Å². The molecule has 3 heterocycles. The van der Waals surface area contributed by atoms with Crippen LogP contribution >= 0.6 is 11.6 Å². The molecular weight excluding hydrogens is 549 g/mol. The molecule has 3 aliphatic rings. The van der Waals surface area contributed by atoms with E-state index in [2.05, 4.69) is 10.4 Å². The molecule has 0 aromatic heterocycles. The van der Waals surface area contributed by atoms with Gasteiger partial charge in [0.2, 0.25) is 0 Å². The van der Waals surface area contributed by atoms with Gasteiger partial charge in [-0.15, -0.1) is 0 Å². The maximum absolute atomic E-state index is 15.5. The van der Waals surface area contributed by atoms with Crippen LogP contribution < -0.4 is 5.32 Å². The summed E-state index contributed by atoms with van der Waals surface area (Å²) in [6.45, 7) is 14.4. The van der Waals surface area contributed by atoms with E-state index >= 15 is 4.39 Å². The molecule has 2 N–H and O–H groups in total. The van der Waals surface area contributed by atoms with Gasteiger partial charge in [0.1, 0.15) is 11.4 Å². The third-order valence-electron chi connectivity index (χ3n) is 7.12. The fourth-order valence-electron chi connectivity index (χ4n) is 5.48. The Kier molecular flexibility index (Phi) is 9.35. The van der Waals surface area contributed by atoms with E-state index in [0.717, 1.165) is 11.3 Å². The Bertz CT molecular complexity index is 1210. The number of amides is 1. The molecule has 0 spiro atoms. The summed E-state index contributed by atoms with van der Waals surface area (Å²) >= 11 is 6.47. The number of ether oxygens (including phenoxy) is 2. The monoisotopic (exact) mass is 591 g/mol. The van der Waals surface area contributed by atoms with Gasteiger partial charge in [-0.2, -0.15) is 5.10 Å². The van der Waals surface area contributed by atoms with E-state index in [-0.39, 0.29) is 42.1 Å². The van der Waals surface area contributed by atoms with Gasteiger partial charge in [0.25, 0.3) is 0 Å². The largest absolute Gasteiger partial charge is 0.444 e. The van der Waals surface area contributed by atoms with E-state index in [4.69, 9.17) is 26.1 Å². The van der Waals surface area contributed by atoms with Gasteiger partial charge in [0, 0.05) is 24.7 Å². The SMILES string of the molecule is CC(O)OCC1N=C2C(NC(C)(C)C)=CC(Cl)=NN2C1Cc1cccc(F)c1C1CCN(C(=O)OC(C)(C)C)CC1. The fraction of sp³-hybridized carbons (Fsp3) is 0.633. The minimum atomic E-state index is -0.955. The molecule has 0 radical (unpaired) electrons. The van der Waals surface area contributed by atoms with Crippen molar-refractivity contribution in [1.82, 2.24) is 15.2 Å². The molecule has 0 aliphatic carbocycles. The lowest BCUT2D eigenvalue weighted by atomic mass is 9.84. The lowest BCUT2D eigenvalue weighted by molar-refractivity contribution is -0.0911. The van der Waals surface area contributed by atoms with Crippen molar-refractivity contribution in [2.24, 2.45) is 10.1 Å². The Balaban J connectivity index is 1.58. The molecule has 3 unspecified atom stereocenters. The van der Waals surface area contributed by atoms with Crippen molar-refractivity contribution in [3.05, 3.63) is 46.9 Å². The van der Waals surface area contributed by atoms with Gasteiger partial charge in [-0.3, -0.25) is 4.99 Å². The number of benzene rings is 1. The summed E-state index contributed by atoms with van der Waals surface area (Å²) in [5.74, 6) is 0.326. The molecule has 1 saturated heterocycles. The highest BCUT2D eigenvalue weighted by atomic mass is 35.5. The van der Waals surface area contributed by atoms with Crippen LogP contribution in [0.5, 0.6) is 0 Å². The molecule has 1 aromatic rings. The minimum Gasteiger partial charge on any atom is -0.444 e. The van der Waals surface area contributed by atoms with E-state index < -0.39 is 11.9 Å². The number of fused-ring (bicyclic) bond motifs is 1. The normalized spacial score (nSPS) is 22.5. The van der Waals surface area contributed by atoms with E-state index in [1.807, 2.05) is 47.6 Å². The van der Waals surface area contributed by atoms with E-state index in [0.29, 0.717) is 48.9 Å². The number of aliphatic hydroxyl groups is 1. The van der Waals surface area contributed by atoms with E-state index in [9.17, 15) is 9.90 Å². The number of aliphatic imine (C=N–C) groups is 1. The van der Waals surface area contributed by atoms with Crippen molar-refractivity contribution >= 4 is 28.7 Å². The summed E-state index contributed by atoms with van der Waals surface area (Å²) in [5, 5.41) is 20.0. The number of hydrogen-bond donors (Lipinski definition) is 2. The Hall–Kier alpha value is -2.69. The topological polar surface area (TPSA) is 99.0 Å². The van der Waals surface area contributed by atoms with Crippen LogP contribution in [0.4, 0.5) is 9.18 Å². The van der Waals surface area contributed by atoms with Gasteiger partial charge in [-0.25, -0.2) is 14.2 Å². The highest BCUT2D eigenvalue weighted by Crippen LogP contribution is 2.36. The maximum atomic E-state index is 15.5. The van der Waals surface area contributed by atoms with Crippen LogP contribution in [0, 0.1) is 5.82 Å². The van der Waals surface area contributed by atoms with Crippen molar-refractivity contribution in [3.8, 4) is 0 Å². The summed E-state index contributed by atoms with van der Waals surface area (Å²) < 4.78 is 26.6. The molecule has 3 aliphatic heterocycles. The fourth-order valence-corrected chi connectivity index (χ4v) is 5.67. The number of carbonyl (C=O) groups excluding carboxylic acids is 1. The number of amidine groups is 1. The summed E-state index contributed by atoms with van der Waals surface area (Å²) in [4.78, 5) is 19.2. The average Bonchev–Trinajstić information content (AvgIpc) is 3.18. The van der Waals surface area contributed by atoms with Crippen LogP contribution in [-0.2, 0) is 15.9 Å². The molecule has 0 bridgehead atoms. The minimum absolute atomic E-state index is 0.0506. The predicted octanol–water partition coefficient (Wildman–Crippen LogP) is 5.13. The van der Waals surface area contributed by atoms with Crippen LogP contribution in [0.15, 0.2) is 40.1 Å². The number of hydrazone groups is 1. The number of aliphatic hydroxyl groups excluding tert-OH is 1. The summed E-state index contributed by atoms with van der Waals surface area (Å²) in [5.41, 5.74) is 1.45. The number of hydrogen-bond acceptors (Lipinski definition) is 8. The second-order valence-corrected chi connectivity index (χ2v) is 13.4. The second kappa shape index (κ2) is 12.3. The zero-order valence-corrected chi connectivity index (χ0v) is 25.8. The summed E-state index contributed by atoms with van der Waals surface area (Å²) in [6, 6.07) is 4.48. The predicted molar refractivity (Wildman–Crippen MR) is 159 cm³/mol. The maximum Gasteiger partial charge on any atom is 0.410 e. The first kappa shape index (κ1) is 31.3. The van der Waals surface area contributed by atoms with E-state index in [1.165, 1.54) is 6.07 Å². The van der Waals surface area contributed by atoms with Crippen molar-refractivity contribution in [2.45, 2.75) is 103 Å². The zero-order chi connectivity index (χ0) is 30.1.